The first kappa shape index (κ1) is 19.7. The van der Waals surface area contributed by atoms with Crippen LogP contribution in [-0.2, 0) is 13.0 Å². The van der Waals surface area contributed by atoms with Gasteiger partial charge in [0.15, 0.2) is 0 Å². The number of amides is 1. The molecule has 1 amide bonds. The molecule has 1 aromatic heterocycles. The highest BCUT2D eigenvalue weighted by Gasteiger charge is 2.51. The van der Waals surface area contributed by atoms with Crippen molar-refractivity contribution in [3.63, 3.8) is 0 Å². The number of hydrogen-bond donors (Lipinski definition) is 0. The van der Waals surface area contributed by atoms with Gasteiger partial charge < -0.3 is 14.2 Å². The number of aryl methyl sites for hydroxylation is 1. The summed E-state index contributed by atoms with van der Waals surface area (Å²) < 4.78 is 7.60. The molecule has 1 saturated heterocycles. The lowest BCUT2D eigenvalue weighted by Crippen LogP contribution is -2.37. The van der Waals surface area contributed by atoms with E-state index in [1.54, 1.807) is 7.11 Å². The van der Waals surface area contributed by atoms with Crippen molar-refractivity contribution >= 4 is 5.91 Å². The molecular formula is C25H33N3O2. The third-order valence-corrected chi connectivity index (χ3v) is 7.45. The second-order valence-electron chi connectivity index (χ2n) is 10.9. The number of hydrogen-bond acceptors (Lipinski definition) is 3. The van der Waals surface area contributed by atoms with E-state index in [9.17, 15) is 4.79 Å². The molecule has 30 heavy (non-hydrogen) atoms. The molecule has 2 bridgehead atoms. The van der Waals surface area contributed by atoms with Crippen LogP contribution >= 0.6 is 0 Å². The van der Waals surface area contributed by atoms with Gasteiger partial charge in [-0.05, 0) is 54.2 Å². The quantitative estimate of drug-likeness (QED) is 0.743. The van der Waals surface area contributed by atoms with Gasteiger partial charge in [-0.25, -0.2) is 4.98 Å². The fraction of sp³-hybridized carbons (Fsp3) is 0.600. The zero-order valence-electron chi connectivity index (χ0n) is 18.6. The van der Waals surface area contributed by atoms with Crippen LogP contribution in [0.5, 0.6) is 5.75 Å². The molecule has 5 nitrogen and oxygen atoms in total. The molecule has 3 aliphatic rings. The Morgan fingerprint density at radius 1 is 1.23 bits per heavy atom. The second-order valence-corrected chi connectivity index (χ2v) is 10.9. The topological polar surface area (TPSA) is 47.4 Å². The number of aromatic nitrogens is 2. The number of ether oxygens (including phenoxy) is 1. The number of benzene rings is 1. The van der Waals surface area contributed by atoms with Crippen molar-refractivity contribution in [3.8, 4) is 5.75 Å². The van der Waals surface area contributed by atoms with E-state index < -0.39 is 0 Å². The van der Waals surface area contributed by atoms with Crippen molar-refractivity contribution in [2.75, 3.05) is 13.7 Å². The van der Waals surface area contributed by atoms with Crippen LogP contribution in [0.2, 0.25) is 0 Å². The minimum Gasteiger partial charge on any atom is -0.497 e. The van der Waals surface area contributed by atoms with Gasteiger partial charge >= 0.3 is 0 Å². The SMILES string of the molecule is COc1cccc([C@H]2CCc3nc(C(=O)N4C[C@@]5(C)C[C@H]4CC(C)(C)C5)cn3C2)c1. The summed E-state index contributed by atoms with van der Waals surface area (Å²) in [6, 6.07) is 8.70. The number of methoxy groups -OCH3 is 1. The molecule has 1 saturated carbocycles. The smallest absolute Gasteiger partial charge is 0.274 e. The summed E-state index contributed by atoms with van der Waals surface area (Å²) in [5, 5.41) is 0. The summed E-state index contributed by atoms with van der Waals surface area (Å²) in [5.41, 5.74) is 2.48. The van der Waals surface area contributed by atoms with Crippen LogP contribution in [0.15, 0.2) is 30.5 Å². The van der Waals surface area contributed by atoms with Crippen LogP contribution in [0.25, 0.3) is 0 Å². The van der Waals surface area contributed by atoms with E-state index >= 15 is 0 Å². The van der Waals surface area contributed by atoms with E-state index in [1.807, 2.05) is 12.3 Å². The first-order chi connectivity index (χ1) is 14.3. The molecule has 2 fully saturated rings. The molecule has 0 spiro atoms. The van der Waals surface area contributed by atoms with Gasteiger partial charge in [-0.2, -0.15) is 0 Å². The maximum atomic E-state index is 13.4. The van der Waals surface area contributed by atoms with Crippen LogP contribution in [0, 0.1) is 10.8 Å². The maximum absolute atomic E-state index is 13.4. The molecule has 5 rings (SSSR count). The first-order valence-electron chi connectivity index (χ1n) is 11.3. The standard InChI is InChI=1S/C25H33N3O2/c1-24(2)11-19-12-25(3,15-24)16-28(19)23(29)21-14-27-13-18(8-9-22(27)26-21)17-6-5-7-20(10-17)30-4/h5-7,10,14,18-19H,8-9,11-13,15-16H2,1-4H3/t18-,19+,25-/m0/s1. The highest BCUT2D eigenvalue weighted by molar-refractivity contribution is 5.92. The van der Waals surface area contributed by atoms with Crippen molar-refractivity contribution < 1.29 is 9.53 Å². The molecule has 3 heterocycles. The fourth-order valence-electron chi connectivity index (χ4n) is 6.56. The molecule has 1 aromatic carbocycles. The number of carbonyl (C=O) groups is 1. The van der Waals surface area contributed by atoms with Gasteiger partial charge in [0, 0.05) is 37.7 Å². The number of nitrogens with zero attached hydrogens (tertiary/aromatic N) is 3. The summed E-state index contributed by atoms with van der Waals surface area (Å²) in [5.74, 6) is 2.50. The molecular weight excluding hydrogens is 374 g/mol. The highest BCUT2D eigenvalue weighted by Crippen LogP contribution is 2.52. The Kier molecular flexibility index (Phi) is 4.49. The first-order valence-corrected chi connectivity index (χ1v) is 11.3. The van der Waals surface area contributed by atoms with E-state index in [2.05, 4.69) is 48.4 Å². The van der Waals surface area contributed by atoms with E-state index in [4.69, 9.17) is 9.72 Å². The monoisotopic (exact) mass is 407 g/mol. The minimum atomic E-state index is 0.126. The Labute approximate surface area is 179 Å². The van der Waals surface area contributed by atoms with Crippen LogP contribution in [0.1, 0.15) is 74.2 Å². The predicted octanol–water partition coefficient (Wildman–Crippen LogP) is 4.66. The van der Waals surface area contributed by atoms with E-state index in [0.29, 0.717) is 23.1 Å². The van der Waals surface area contributed by atoms with E-state index in [-0.39, 0.29) is 11.3 Å². The van der Waals surface area contributed by atoms with Crippen molar-refractivity contribution in [2.45, 2.75) is 71.4 Å². The highest BCUT2D eigenvalue weighted by atomic mass is 16.5. The Morgan fingerprint density at radius 3 is 2.87 bits per heavy atom. The average Bonchev–Trinajstić information content (AvgIpc) is 3.24. The molecule has 1 aliphatic carbocycles. The van der Waals surface area contributed by atoms with Crippen LogP contribution in [0.4, 0.5) is 0 Å². The summed E-state index contributed by atoms with van der Waals surface area (Å²) in [4.78, 5) is 20.3. The Hall–Kier alpha value is -2.30. The summed E-state index contributed by atoms with van der Waals surface area (Å²) in [6.45, 7) is 8.79. The molecule has 2 aliphatic heterocycles. The third kappa shape index (κ3) is 3.42. The van der Waals surface area contributed by atoms with Gasteiger partial charge in [0.05, 0.1) is 7.11 Å². The molecule has 3 atom stereocenters. The third-order valence-electron chi connectivity index (χ3n) is 7.45. The zero-order chi connectivity index (χ0) is 21.1. The Bertz CT molecular complexity index is 979. The lowest BCUT2D eigenvalue weighted by Gasteiger charge is -2.39. The van der Waals surface area contributed by atoms with Gasteiger partial charge in [-0.3, -0.25) is 4.79 Å². The van der Waals surface area contributed by atoms with Gasteiger partial charge in [0.1, 0.15) is 17.3 Å². The predicted molar refractivity (Wildman–Crippen MR) is 117 cm³/mol. The van der Waals surface area contributed by atoms with Crippen molar-refractivity contribution in [1.29, 1.82) is 0 Å². The number of imidazole rings is 1. The zero-order valence-corrected chi connectivity index (χ0v) is 18.6. The lowest BCUT2D eigenvalue weighted by atomic mass is 9.65. The summed E-state index contributed by atoms with van der Waals surface area (Å²) in [6.07, 6.45) is 7.38. The fourth-order valence-corrected chi connectivity index (χ4v) is 6.56. The van der Waals surface area contributed by atoms with Gasteiger partial charge in [-0.1, -0.05) is 32.9 Å². The summed E-state index contributed by atoms with van der Waals surface area (Å²) in [7, 11) is 1.71. The van der Waals surface area contributed by atoms with Crippen molar-refractivity contribution in [2.24, 2.45) is 10.8 Å². The van der Waals surface area contributed by atoms with Crippen LogP contribution in [-0.4, -0.2) is 40.1 Å². The molecule has 0 unspecified atom stereocenters. The van der Waals surface area contributed by atoms with Gasteiger partial charge in [0.2, 0.25) is 0 Å². The number of rotatable bonds is 3. The average molecular weight is 408 g/mol. The van der Waals surface area contributed by atoms with Crippen molar-refractivity contribution in [3.05, 3.63) is 47.5 Å². The van der Waals surface area contributed by atoms with E-state index in [0.717, 1.165) is 50.3 Å². The van der Waals surface area contributed by atoms with Crippen LogP contribution in [0.3, 0.4) is 0 Å². The van der Waals surface area contributed by atoms with Crippen molar-refractivity contribution in [1.82, 2.24) is 14.5 Å². The molecule has 0 N–H and O–H groups in total. The molecule has 2 aromatic rings. The minimum absolute atomic E-state index is 0.126. The Morgan fingerprint density at radius 2 is 2.07 bits per heavy atom. The Balaban J connectivity index is 1.35. The number of likely N-dealkylation sites (tertiary alicyclic amines) is 1. The molecule has 5 heteroatoms. The largest absolute Gasteiger partial charge is 0.497 e. The lowest BCUT2D eigenvalue weighted by molar-refractivity contribution is 0.0702. The van der Waals surface area contributed by atoms with Gasteiger partial charge in [-0.15, -0.1) is 0 Å². The van der Waals surface area contributed by atoms with E-state index in [1.165, 1.54) is 12.0 Å². The molecule has 160 valence electrons. The van der Waals surface area contributed by atoms with Crippen LogP contribution < -0.4 is 4.74 Å². The number of fused-ring (bicyclic) bond motifs is 3. The maximum Gasteiger partial charge on any atom is 0.274 e. The second kappa shape index (κ2) is 6.86. The normalized spacial score (nSPS) is 29.5. The number of carbonyl (C=O) groups excluding carboxylic acids is 1. The molecule has 0 radical (unpaired) electrons. The summed E-state index contributed by atoms with van der Waals surface area (Å²) >= 11 is 0. The van der Waals surface area contributed by atoms with Gasteiger partial charge in [0.25, 0.3) is 5.91 Å².